The van der Waals surface area contributed by atoms with Crippen molar-refractivity contribution in [2.75, 3.05) is 0 Å². The summed E-state index contributed by atoms with van der Waals surface area (Å²) >= 11 is 0. The Hall–Kier alpha value is -2.00. The Balaban J connectivity index is 1.89. The van der Waals surface area contributed by atoms with Crippen molar-refractivity contribution in [1.29, 1.82) is 0 Å². The number of aromatic hydroxyl groups is 2. The summed E-state index contributed by atoms with van der Waals surface area (Å²) in [6.45, 7) is 2.92. The molecule has 0 unspecified atom stereocenters. The Kier molecular flexibility index (Phi) is 2.91. The Morgan fingerprint density at radius 2 is 1.63 bits per heavy atom. The zero-order valence-electron chi connectivity index (χ0n) is 10.9. The van der Waals surface area contributed by atoms with Gasteiger partial charge in [0, 0.05) is 17.5 Å². The quantitative estimate of drug-likeness (QED) is 0.681. The molecule has 0 spiro atoms. The molecule has 98 valence electrons. The zero-order valence-corrected chi connectivity index (χ0v) is 10.9. The van der Waals surface area contributed by atoms with Gasteiger partial charge in [-0.15, -0.1) is 0 Å². The molecule has 1 aliphatic rings. The highest BCUT2D eigenvalue weighted by Crippen LogP contribution is 2.31. The first kappa shape index (κ1) is 12.1. The molecular formula is C16H18NO2+. The maximum atomic E-state index is 9.61. The number of nitrogens with two attached hydrogens (primary N) is 1. The summed E-state index contributed by atoms with van der Waals surface area (Å²) in [5.74, 6) is -0.0516. The summed E-state index contributed by atoms with van der Waals surface area (Å²) in [6, 6.07) is 12.4. The van der Waals surface area contributed by atoms with Crippen molar-refractivity contribution in [2.45, 2.75) is 25.9 Å². The Labute approximate surface area is 112 Å². The molecule has 0 amide bonds. The van der Waals surface area contributed by atoms with E-state index in [9.17, 15) is 10.2 Å². The minimum absolute atomic E-state index is 0.0247. The first-order valence-corrected chi connectivity index (χ1v) is 6.57. The second-order valence-corrected chi connectivity index (χ2v) is 5.27. The lowest BCUT2D eigenvalue weighted by atomic mass is 9.91. The molecule has 0 fully saturated rings. The molecule has 0 radical (unpaired) electrons. The highest BCUT2D eigenvalue weighted by Gasteiger charge is 2.24. The summed E-state index contributed by atoms with van der Waals surface area (Å²) < 4.78 is 0. The van der Waals surface area contributed by atoms with E-state index in [1.54, 1.807) is 12.1 Å². The average Bonchev–Trinajstić information content (AvgIpc) is 2.40. The third-order valence-corrected chi connectivity index (χ3v) is 3.86. The van der Waals surface area contributed by atoms with Crippen molar-refractivity contribution in [1.82, 2.24) is 0 Å². The lowest BCUT2D eigenvalue weighted by Crippen LogP contribution is -2.85. The number of fused-ring (bicyclic) bond motifs is 1. The van der Waals surface area contributed by atoms with E-state index in [0.29, 0.717) is 6.04 Å². The van der Waals surface area contributed by atoms with Crippen LogP contribution in [0, 0.1) is 6.92 Å². The summed E-state index contributed by atoms with van der Waals surface area (Å²) in [4.78, 5) is 0. The van der Waals surface area contributed by atoms with E-state index in [1.807, 2.05) is 0 Å². The lowest BCUT2D eigenvalue weighted by Gasteiger charge is -2.24. The molecule has 0 aromatic heterocycles. The van der Waals surface area contributed by atoms with Gasteiger partial charge in [0.1, 0.15) is 12.6 Å². The molecule has 1 atom stereocenters. The van der Waals surface area contributed by atoms with Gasteiger partial charge in [0.25, 0.3) is 0 Å². The molecular weight excluding hydrogens is 238 g/mol. The maximum Gasteiger partial charge on any atom is 0.157 e. The van der Waals surface area contributed by atoms with E-state index >= 15 is 0 Å². The lowest BCUT2D eigenvalue weighted by molar-refractivity contribution is -0.714. The van der Waals surface area contributed by atoms with Gasteiger partial charge in [0.2, 0.25) is 0 Å². The molecule has 0 aliphatic carbocycles. The van der Waals surface area contributed by atoms with Crippen LogP contribution in [0.1, 0.15) is 28.3 Å². The van der Waals surface area contributed by atoms with Crippen LogP contribution >= 0.6 is 0 Å². The Bertz CT molecular complexity index is 605. The second-order valence-electron chi connectivity index (χ2n) is 5.27. The van der Waals surface area contributed by atoms with E-state index in [4.69, 9.17) is 0 Å². The highest BCUT2D eigenvalue weighted by atomic mass is 16.3. The summed E-state index contributed by atoms with van der Waals surface area (Å²) in [5.41, 5.74) is 4.81. The van der Waals surface area contributed by atoms with Crippen LogP contribution in [-0.2, 0) is 13.0 Å². The van der Waals surface area contributed by atoms with Gasteiger partial charge in [-0.2, -0.15) is 0 Å². The summed E-state index contributed by atoms with van der Waals surface area (Å²) in [5, 5.41) is 21.4. The molecule has 3 heteroatoms. The number of phenols is 2. The van der Waals surface area contributed by atoms with Crippen molar-refractivity contribution >= 4 is 0 Å². The summed E-state index contributed by atoms with van der Waals surface area (Å²) in [7, 11) is 0. The van der Waals surface area contributed by atoms with Crippen molar-refractivity contribution in [3.05, 3.63) is 58.7 Å². The monoisotopic (exact) mass is 256 g/mol. The number of aryl methyl sites for hydroxylation is 1. The first-order chi connectivity index (χ1) is 9.13. The Morgan fingerprint density at radius 1 is 1.00 bits per heavy atom. The first-order valence-electron chi connectivity index (χ1n) is 6.57. The molecule has 0 bridgehead atoms. The van der Waals surface area contributed by atoms with Crippen LogP contribution in [0.15, 0.2) is 36.4 Å². The molecule has 2 aromatic carbocycles. The summed E-state index contributed by atoms with van der Waals surface area (Å²) in [6.07, 6.45) is 0.881. The number of phenolic OH excluding ortho intramolecular Hbond substituents is 2. The van der Waals surface area contributed by atoms with Gasteiger partial charge in [-0.25, -0.2) is 0 Å². The minimum atomic E-state index is -0.0269. The number of hydrogen-bond donors (Lipinski definition) is 3. The average molecular weight is 256 g/mol. The minimum Gasteiger partial charge on any atom is -0.504 e. The van der Waals surface area contributed by atoms with Crippen molar-refractivity contribution in [3.63, 3.8) is 0 Å². The highest BCUT2D eigenvalue weighted by molar-refractivity contribution is 5.46. The van der Waals surface area contributed by atoms with Crippen LogP contribution in [0.25, 0.3) is 0 Å². The molecule has 3 nitrogen and oxygen atoms in total. The van der Waals surface area contributed by atoms with Crippen LogP contribution in [0.5, 0.6) is 11.5 Å². The Morgan fingerprint density at radius 3 is 2.32 bits per heavy atom. The fourth-order valence-electron chi connectivity index (χ4n) is 2.70. The fraction of sp³-hybridized carbons (Fsp3) is 0.250. The normalized spacial score (nSPS) is 18.1. The maximum absolute atomic E-state index is 9.61. The molecule has 0 saturated carbocycles. The smallest absolute Gasteiger partial charge is 0.157 e. The van der Waals surface area contributed by atoms with Crippen molar-refractivity contribution in [2.24, 2.45) is 0 Å². The van der Waals surface area contributed by atoms with Crippen molar-refractivity contribution in [3.8, 4) is 11.5 Å². The van der Waals surface area contributed by atoms with E-state index < -0.39 is 0 Å². The topological polar surface area (TPSA) is 57.1 Å². The van der Waals surface area contributed by atoms with E-state index in [-0.39, 0.29) is 11.5 Å². The van der Waals surface area contributed by atoms with Crippen LogP contribution in [0.3, 0.4) is 0 Å². The van der Waals surface area contributed by atoms with E-state index in [2.05, 4.69) is 36.5 Å². The molecule has 0 saturated heterocycles. The van der Waals surface area contributed by atoms with Gasteiger partial charge in [-0.3, -0.25) is 0 Å². The van der Waals surface area contributed by atoms with Crippen LogP contribution in [-0.4, -0.2) is 10.2 Å². The van der Waals surface area contributed by atoms with Gasteiger partial charge in [0.15, 0.2) is 11.5 Å². The van der Waals surface area contributed by atoms with Crippen molar-refractivity contribution < 1.29 is 15.5 Å². The molecule has 3 rings (SSSR count). The van der Waals surface area contributed by atoms with E-state index in [0.717, 1.165) is 24.1 Å². The van der Waals surface area contributed by atoms with E-state index in [1.165, 1.54) is 11.1 Å². The number of quaternary nitrogens is 1. The van der Waals surface area contributed by atoms with Crippen LogP contribution in [0.2, 0.25) is 0 Å². The third-order valence-electron chi connectivity index (χ3n) is 3.86. The SMILES string of the molecule is Cc1ccc([C@@H]2Cc3cc(O)c(O)cc3C[NH2+]2)cc1. The molecule has 19 heavy (non-hydrogen) atoms. The molecule has 1 aliphatic heterocycles. The number of benzene rings is 2. The molecule has 1 heterocycles. The zero-order chi connectivity index (χ0) is 13.4. The van der Waals surface area contributed by atoms with Gasteiger partial charge in [-0.1, -0.05) is 29.8 Å². The number of hydrogen-bond acceptors (Lipinski definition) is 2. The molecule has 4 N–H and O–H groups in total. The second kappa shape index (κ2) is 4.59. The molecule has 2 aromatic rings. The predicted molar refractivity (Wildman–Crippen MR) is 73.0 cm³/mol. The number of rotatable bonds is 1. The van der Waals surface area contributed by atoms with Crippen LogP contribution < -0.4 is 5.32 Å². The third kappa shape index (κ3) is 2.29. The standard InChI is InChI=1S/C16H17NO2/c1-10-2-4-11(5-3-10)14-6-12-7-15(18)16(19)8-13(12)9-17-14/h2-5,7-8,14,17-19H,6,9H2,1H3/p+1/t14-/m0/s1. The fourth-order valence-corrected chi connectivity index (χ4v) is 2.70. The van der Waals surface area contributed by atoms with Gasteiger partial charge in [-0.05, 0) is 24.6 Å². The largest absolute Gasteiger partial charge is 0.504 e. The van der Waals surface area contributed by atoms with Gasteiger partial charge in [0.05, 0.1) is 0 Å². The van der Waals surface area contributed by atoms with Crippen LogP contribution in [0.4, 0.5) is 0 Å². The predicted octanol–water partition coefficient (Wildman–Crippen LogP) is 1.77. The van der Waals surface area contributed by atoms with Gasteiger partial charge >= 0.3 is 0 Å². The van der Waals surface area contributed by atoms with Gasteiger partial charge < -0.3 is 15.5 Å².